The summed E-state index contributed by atoms with van der Waals surface area (Å²) in [5.74, 6) is 0.801. The van der Waals surface area contributed by atoms with Gasteiger partial charge in [0.25, 0.3) is 11.5 Å². The molecule has 2 aliphatic heterocycles. The first-order valence-corrected chi connectivity index (χ1v) is 10.3. The van der Waals surface area contributed by atoms with Gasteiger partial charge >= 0.3 is 0 Å². The van der Waals surface area contributed by atoms with E-state index in [-0.39, 0.29) is 17.5 Å². The number of amides is 1. The molecule has 6 nitrogen and oxygen atoms in total. The monoisotopic (exact) mass is 374 g/mol. The molecule has 26 heavy (non-hydrogen) atoms. The minimum absolute atomic E-state index is 0.0144. The molecule has 140 valence electrons. The van der Waals surface area contributed by atoms with Crippen LogP contribution in [0.2, 0.25) is 0 Å². The molecule has 1 N–H and O–H groups in total. The van der Waals surface area contributed by atoms with Gasteiger partial charge in [-0.15, -0.1) is 11.3 Å². The van der Waals surface area contributed by atoms with Crippen LogP contribution in [0.1, 0.15) is 54.2 Å². The lowest BCUT2D eigenvalue weighted by Crippen LogP contribution is -2.46. The number of piperidine rings is 1. The van der Waals surface area contributed by atoms with E-state index in [2.05, 4.69) is 29.0 Å². The predicted octanol–water partition coefficient (Wildman–Crippen LogP) is 2.32. The van der Waals surface area contributed by atoms with Crippen LogP contribution in [0.5, 0.6) is 0 Å². The van der Waals surface area contributed by atoms with E-state index in [1.165, 1.54) is 11.3 Å². The SMILES string of the molecule is Cc1c(C(=O)NC2CCN(C(C)C)CC2)sc2nc3n(c(=O)c12)CCC3. The molecule has 4 rings (SSSR count). The molecule has 2 aliphatic rings. The van der Waals surface area contributed by atoms with Gasteiger partial charge in [-0.25, -0.2) is 4.98 Å². The molecule has 0 atom stereocenters. The van der Waals surface area contributed by atoms with Crippen molar-refractivity contribution < 1.29 is 4.79 Å². The van der Waals surface area contributed by atoms with Crippen molar-refractivity contribution in [2.75, 3.05) is 13.1 Å². The van der Waals surface area contributed by atoms with Gasteiger partial charge in [-0.2, -0.15) is 0 Å². The van der Waals surface area contributed by atoms with E-state index >= 15 is 0 Å². The van der Waals surface area contributed by atoms with E-state index in [1.54, 1.807) is 4.57 Å². The maximum absolute atomic E-state index is 12.8. The molecule has 7 heteroatoms. The molecule has 1 amide bonds. The second-order valence-corrected chi connectivity index (χ2v) is 8.70. The number of nitrogens with one attached hydrogen (secondary N) is 1. The average molecular weight is 375 g/mol. The maximum Gasteiger partial charge on any atom is 0.262 e. The smallest absolute Gasteiger partial charge is 0.262 e. The number of aromatic nitrogens is 2. The van der Waals surface area contributed by atoms with Crippen molar-refractivity contribution in [2.45, 2.75) is 65.1 Å². The fourth-order valence-corrected chi connectivity index (χ4v) is 5.20. The molecular formula is C19H26N4O2S. The summed E-state index contributed by atoms with van der Waals surface area (Å²) in [6, 6.07) is 0.763. The summed E-state index contributed by atoms with van der Waals surface area (Å²) in [7, 11) is 0. The zero-order valence-electron chi connectivity index (χ0n) is 15.7. The fourth-order valence-electron chi connectivity index (χ4n) is 4.10. The minimum atomic E-state index is -0.0574. The van der Waals surface area contributed by atoms with Crippen LogP contribution in [-0.2, 0) is 13.0 Å². The highest BCUT2D eigenvalue weighted by atomic mass is 32.1. The second kappa shape index (κ2) is 6.78. The standard InChI is InChI=1S/C19H26N4O2S/c1-11(2)22-9-6-13(7-10-22)20-17(24)16-12(3)15-18(26-16)21-14-5-4-8-23(14)19(15)25/h11,13H,4-10H2,1-3H3,(H,20,24). The molecule has 1 saturated heterocycles. The Morgan fingerprint density at radius 1 is 1.27 bits per heavy atom. The molecule has 0 radical (unpaired) electrons. The normalized spacial score (nSPS) is 18.6. The predicted molar refractivity (Wildman–Crippen MR) is 104 cm³/mol. The van der Waals surface area contributed by atoms with Crippen molar-refractivity contribution in [1.29, 1.82) is 0 Å². The summed E-state index contributed by atoms with van der Waals surface area (Å²) >= 11 is 1.36. The maximum atomic E-state index is 12.8. The van der Waals surface area contributed by atoms with Gasteiger partial charge in [0.15, 0.2) is 0 Å². The zero-order chi connectivity index (χ0) is 18.4. The Bertz CT molecular complexity index is 906. The number of fused-ring (bicyclic) bond motifs is 2. The summed E-state index contributed by atoms with van der Waals surface area (Å²) in [5, 5.41) is 3.81. The highest BCUT2D eigenvalue weighted by molar-refractivity contribution is 7.20. The van der Waals surface area contributed by atoms with E-state index in [4.69, 9.17) is 0 Å². The van der Waals surface area contributed by atoms with Crippen molar-refractivity contribution in [2.24, 2.45) is 0 Å². The molecule has 1 fully saturated rings. The molecule has 2 aromatic rings. The Balaban J connectivity index is 1.56. The first kappa shape index (κ1) is 17.7. The van der Waals surface area contributed by atoms with Crippen LogP contribution in [0.25, 0.3) is 10.2 Å². The highest BCUT2D eigenvalue weighted by Gasteiger charge is 2.26. The van der Waals surface area contributed by atoms with Crippen molar-refractivity contribution in [3.05, 3.63) is 26.6 Å². The largest absolute Gasteiger partial charge is 0.349 e. The minimum Gasteiger partial charge on any atom is -0.349 e. The number of hydrogen-bond acceptors (Lipinski definition) is 5. The van der Waals surface area contributed by atoms with Gasteiger partial charge in [0.2, 0.25) is 0 Å². The molecule has 0 unspecified atom stereocenters. The number of hydrogen-bond donors (Lipinski definition) is 1. The molecule has 0 aliphatic carbocycles. The third-order valence-electron chi connectivity index (χ3n) is 5.71. The highest BCUT2D eigenvalue weighted by Crippen LogP contribution is 2.29. The molecule has 0 saturated carbocycles. The van der Waals surface area contributed by atoms with Crippen LogP contribution in [0.15, 0.2) is 4.79 Å². The van der Waals surface area contributed by atoms with Gasteiger partial charge in [-0.3, -0.25) is 14.2 Å². The number of rotatable bonds is 3. The van der Waals surface area contributed by atoms with Crippen LogP contribution in [0.4, 0.5) is 0 Å². The van der Waals surface area contributed by atoms with Crippen LogP contribution in [0.3, 0.4) is 0 Å². The summed E-state index contributed by atoms with van der Waals surface area (Å²) in [6.45, 7) is 9.07. The zero-order valence-corrected chi connectivity index (χ0v) is 16.5. The van der Waals surface area contributed by atoms with E-state index in [0.717, 1.165) is 56.7 Å². The van der Waals surface area contributed by atoms with E-state index < -0.39 is 0 Å². The van der Waals surface area contributed by atoms with E-state index in [0.29, 0.717) is 21.1 Å². The topological polar surface area (TPSA) is 67.2 Å². The number of nitrogens with zero attached hydrogens (tertiary/aromatic N) is 3. The summed E-state index contributed by atoms with van der Waals surface area (Å²) in [6.07, 6.45) is 3.77. The molecular weight excluding hydrogens is 348 g/mol. The first-order chi connectivity index (χ1) is 12.5. The number of aryl methyl sites for hydroxylation is 2. The molecule has 0 aromatic carbocycles. The van der Waals surface area contributed by atoms with Crippen molar-refractivity contribution in [3.63, 3.8) is 0 Å². The van der Waals surface area contributed by atoms with Gasteiger partial charge in [0.1, 0.15) is 10.7 Å². The first-order valence-electron chi connectivity index (χ1n) is 9.53. The Morgan fingerprint density at radius 3 is 2.69 bits per heavy atom. The van der Waals surface area contributed by atoms with Gasteiger partial charge in [-0.1, -0.05) is 0 Å². The summed E-state index contributed by atoms with van der Waals surface area (Å²) in [4.78, 5) is 34.0. The van der Waals surface area contributed by atoms with Crippen molar-refractivity contribution in [1.82, 2.24) is 19.8 Å². The van der Waals surface area contributed by atoms with Crippen LogP contribution in [-0.4, -0.2) is 45.5 Å². The third-order valence-corrected chi connectivity index (χ3v) is 6.90. The summed E-state index contributed by atoms with van der Waals surface area (Å²) < 4.78 is 1.77. The second-order valence-electron chi connectivity index (χ2n) is 7.70. The molecule has 2 aromatic heterocycles. The van der Waals surface area contributed by atoms with Gasteiger partial charge < -0.3 is 10.2 Å². The number of likely N-dealkylation sites (tertiary alicyclic amines) is 1. The van der Waals surface area contributed by atoms with Crippen LogP contribution < -0.4 is 10.9 Å². The third kappa shape index (κ3) is 2.97. The number of carbonyl (C=O) groups excluding carboxylic acids is 1. The fraction of sp³-hybridized carbons (Fsp3) is 0.632. The summed E-state index contributed by atoms with van der Waals surface area (Å²) in [5.41, 5.74) is 0.794. The van der Waals surface area contributed by atoms with E-state index in [1.807, 2.05) is 6.92 Å². The molecule has 4 heterocycles. The quantitative estimate of drug-likeness (QED) is 0.895. The Hall–Kier alpha value is -1.73. The van der Waals surface area contributed by atoms with Gasteiger partial charge in [0, 0.05) is 38.1 Å². The van der Waals surface area contributed by atoms with Crippen LogP contribution >= 0.6 is 11.3 Å². The lowest BCUT2D eigenvalue weighted by atomic mass is 10.0. The lowest BCUT2D eigenvalue weighted by molar-refractivity contribution is 0.0904. The van der Waals surface area contributed by atoms with Gasteiger partial charge in [0.05, 0.1) is 10.3 Å². The van der Waals surface area contributed by atoms with Crippen molar-refractivity contribution in [3.8, 4) is 0 Å². The molecule has 0 spiro atoms. The Labute approximate surface area is 157 Å². The van der Waals surface area contributed by atoms with Crippen LogP contribution in [0, 0.1) is 6.92 Å². The Kier molecular flexibility index (Phi) is 4.61. The Morgan fingerprint density at radius 2 is 2.00 bits per heavy atom. The molecule has 0 bridgehead atoms. The lowest BCUT2D eigenvalue weighted by Gasteiger charge is -2.34. The number of thiophene rings is 1. The average Bonchev–Trinajstić information content (AvgIpc) is 3.20. The van der Waals surface area contributed by atoms with Crippen molar-refractivity contribution >= 4 is 27.5 Å². The van der Waals surface area contributed by atoms with Gasteiger partial charge in [-0.05, 0) is 45.6 Å². The van der Waals surface area contributed by atoms with E-state index in [9.17, 15) is 9.59 Å². The number of carbonyl (C=O) groups is 1.